The number of nitrogens with one attached hydrogen (secondary N) is 1. The van der Waals surface area contributed by atoms with Crippen molar-refractivity contribution in [2.75, 3.05) is 32.4 Å². The second-order valence-corrected chi connectivity index (χ2v) is 9.03. The first-order valence-corrected chi connectivity index (χ1v) is 9.31. The monoisotopic (exact) mass is 290 g/mol. The minimum atomic E-state index is -3.00. The van der Waals surface area contributed by atoms with Crippen LogP contribution < -0.4 is 5.32 Å². The number of hydrogen-bond donors (Lipinski definition) is 1. The quantitative estimate of drug-likeness (QED) is 0.808. The van der Waals surface area contributed by atoms with Crippen LogP contribution in [-0.4, -0.2) is 56.5 Å². The maximum absolute atomic E-state index is 11.7. The summed E-state index contributed by atoms with van der Waals surface area (Å²) in [5, 5.41) is 3.47. The van der Waals surface area contributed by atoms with Gasteiger partial charge in [0.15, 0.2) is 9.84 Å². The Hall–Kier alpha value is -0.130. The Bertz CT molecular complexity index is 366. The van der Waals surface area contributed by atoms with Crippen molar-refractivity contribution in [2.45, 2.75) is 57.2 Å². The lowest BCUT2D eigenvalue weighted by Crippen LogP contribution is -2.45. The lowest BCUT2D eigenvalue weighted by Gasteiger charge is -2.26. The van der Waals surface area contributed by atoms with Crippen molar-refractivity contribution in [3.63, 3.8) is 0 Å². The van der Waals surface area contributed by atoms with Crippen molar-refractivity contribution in [1.29, 1.82) is 0 Å². The fourth-order valence-electron chi connectivity index (χ4n) is 2.42. The standard InChI is InChI=1S/C14H30N2O2S/c1-5-9-16-10-6-7-13(8-11-16)15-12-14(2,3)19(4,17)18/h13,15H,5-12H2,1-4H3. The van der Waals surface area contributed by atoms with Gasteiger partial charge in [0, 0.05) is 18.8 Å². The van der Waals surface area contributed by atoms with Crippen LogP contribution in [0, 0.1) is 0 Å². The molecule has 0 bridgehead atoms. The topological polar surface area (TPSA) is 49.4 Å². The van der Waals surface area contributed by atoms with E-state index in [1.165, 1.54) is 32.2 Å². The van der Waals surface area contributed by atoms with Gasteiger partial charge in [0.05, 0.1) is 4.75 Å². The molecule has 1 unspecified atom stereocenters. The van der Waals surface area contributed by atoms with E-state index in [0.717, 1.165) is 19.4 Å². The second-order valence-electron chi connectivity index (χ2n) is 6.38. The summed E-state index contributed by atoms with van der Waals surface area (Å²) in [6.07, 6.45) is 6.01. The van der Waals surface area contributed by atoms with Gasteiger partial charge in [0.25, 0.3) is 0 Å². The lowest BCUT2D eigenvalue weighted by atomic mass is 10.1. The van der Waals surface area contributed by atoms with E-state index in [2.05, 4.69) is 17.1 Å². The summed E-state index contributed by atoms with van der Waals surface area (Å²) in [6.45, 7) is 9.86. The highest BCUT2D eigenvalue weighted by Crippen LogP contribution is 2.16. The Balaban J connectivity index is 2.42. The zero-order chi connectivity index (χ0) is 14.5. The number of nitrogens with zero attached hydrogens (tertiary/aromatic N) is 1. The van der Waals surface area contributed by atoms with Crippen LogP contribution in [-0.2, 0) is 9.84 Å². The molecule has 1 heterocycles. The number of sulfone groups is 1. The highest BCUT2D eigenvalue weighted by molar-refractivity contribution is 7.92. The smallest absolute Gasteiger partial charge is 0.153 e. The van der Waals surface area contributed by atoms with Gasteiger partial charge in [-0.05, 0) is 59.2 Å². The Kier molecular flexibility index (Phi) is 6.27. The molecule has 0 saturated carbocycles. The average Bonchev–Trinajstić information content (AvgIpc) is 2.51. The van der Waals surface area contributed by atoms with Crippen LogP contribution in [0.5, 0.6) is 0 Å². The van der Waals surface area contributed by atoms with Gasteiger partial charge in [-0.25, -0.2) is 8.42 Å². The highest BCUT2D eigenvalue weighted by atomic mass is 32.2. The molecular weight excluding hydrogens is 260 g/mol. The molecule has 1 rings (SSSR count). The van der Waals surface area contributed by atoms with Gasteiger partial charge >= 0.3 is 0 Å². The molecule has 4 nitrogen and oxygen atoms in total. The van der Waals surface area contributed by atoms with Crippen LogP contribution in [0.25, 0.3) is 0 Å². The summed E-state index contributed by atoms with van der Waals surface area (Å²) in [7, 11) is -3.00. The molecule has 1 fully saturated rings. The van der Waals surface area contributed by atoms with Gasteiger partial charge in [0.2, 0.25) is 0 Å². The molecule has 5 heteroatoms. The van der Waals surface area contributed by atoms with Gasteiger partial charge in [0.1, 0.15) is 0 Å². The first kappa shape index (κ1) is 16.9. The predicted molar refractivity (Wildman–Crippen MR) is 81.3 cm³/mol. The van der Waals surface area contributed by atoms with Crippen molar-refractivity contribution in [2.24, 2.45) is 0 Å². The van der Waals surface area contributed by atoms with Crippen LogP contribution in [0.15, 0.2) is 0 Å². The number of hydrogen-bond acceptors (Lipinski definition) is 4. The van der Waals surface area contributed by atoms with Gasteiger partial charge in [-0.1, -0.05) is 6.92 Å². The molecule has 0 aromatic carbocycles. The molecule has 1 saturated heterocycles. The SMILES string of the molecule is CCCN1CCCC(NCC(C)(C)S(C)(=O)=O)CC1. The molecule has 1 aliphatic rings. The fraction of sp³-hybridized carbons (Fsp3) is 1.00. The zero-order valence-electron chi connectivity index (χ0n) is 12.9. The molecule has 0 amide bonds. The third-order valence-electron chi connectivity index (χ3n) is 4.18. The van der Waals surface area contributed by atoms with Gasteiger partial charge in [-0.2, -0.15) is 0 Å². The molecule has 0 aliphatic carbocycles. The predicted octanol–water partition coefficient (Wildman–Crippen LogP) is 1.66. The molecule has 0 radical (unpaired) electrons. The first-order chi connectivity index (χ1) is 8.76. The van der Waals surface area contributed by atoms with Crippen molar-refractivity contribution in [3.8, 4) is 0 Å². The molecule has 1 N–H and O–H groups in total. The normalized spacial score (nSPS) is 23.3. The maximum Gasteiger partial charge on any atom is 0.153 e. The lowest BCUT2D eigenvalue weighted by molar-refractivity contribution is 0.282. The minimum absolute atomic E-state index is 0.461. The maximum atomic E-state index is 11.7. The third-order valence-corrected chi connectivity index (χ3v) is 6.33. The van der Waals surface area contributed by atoms with Gasteiger partial charge < -0.3 is 10.2 Å². The van der Waals surface area contributed by atoms with E-state index in [9.17, 15) is 8.42 Å². The first-order valence-electron chi connectivity index (χ1n) is 7.41. The fourth-order valence-corrected chi connectivity index (χ4v) is 2.77. The molecule has 1 atom stereocenters. The average molecular weight is 290 g/mol. The van der Waals surface area contributed by atoms with Crippen molar-refractivity contribution < 1.29 is 8.42 Å². The van der Waals surface area contributed by atoms with Gasteiger partial charge in [-0.3, -0.25) is 0 Å². The Labute approximate surface area is 118 Å². The van der Waals surface area contributed by atoms with E-state index in [4.69, 9.17) is 0 Å². The number of rotatable bonds is 6. The third kappa shape index (κ3) is 5.40. The summed E-state index contributed by atoms with van der Waals surface area (Å²) in [4.78, 5) is 2.52. The largest absolute Gasteiger partial charge is 0.312 e. The van der Waals surface area contributed by atoms with Crippen LogP contribution in [0.3, 0.4) is 0 Å². The van der Waals surface area contributed by atoms with E-state index >= 15 is 0 Å². The minimum Gasteiger partial charge on any atom is -0.312 e. The van der Waals surface area contributed by atoms with Gasteiger partial charge in [-0.15, -0.1) is 0 Å². The highest BCUT2D eigenvalue weighted by Gasteiger charge is 2.30. The van der Waals surface area contributed by atoms with E-state index in [-0.39, 0.29) is 0 Å². The summed E-state index contributed by atoms with van der Waals surface area (Å²) in [6, 6.07) is 0.461. The van der Waals surface area contributed by atoms with E-state index < -0.39 is 14.6 Å². The van der Waals surface area contributed by atoms with Crippen LogP contribution in [0.4, 0.5) is 0 Å². The Morgan fingerprint density at radius 1 is 1.26 bits per heavy atom. The molecule has 1 aliphatic heterocycles. The van der Waals surface area contributed by atoms with E-state index in [1.807, 2.05) is 0 Å². The van der Waals surface area contributed by atoms with Crippen molar-refractivity contribution in [1.82, 2.24) is 10.2 Å². The summed E-state index contributed by atoms with van der Waals surface area (Å²) in [5.41, 5.74) is 0. The summed E-state index contributed by atoms with van der Waals surface area (Å²) in [5.74, 6) is 0. The number of likely N-dealkylation sites (tertiary alicyclic amines) is 1. The van der Waals surface area contributed by atoms with Crippen LogP contribution in [0.1, 0.15) is 46.5 Å². The molecule has 0 spiro atoms. The van der Waals surface area contributed by atoms with E-state index in [1.54, 1.807) is 13.8 Å². The Morgan fingerprint density at radius 3 is 2.53 bits per heavy atom. The van der Waals surface area contributed by atoms with E-state index in [0.29, 0.717) is 12.6 Å². The zero-order valence-corrected chi connectivity index (χ0v) is 13.7. The Morgan fingerprint density at radius 2 is 1.95 bits per heavy atom. The summed E-state index contributed by atoms with van der Waals surface area (Å²) < 4.78 is 22.7. The second kappa shape index (κ2) is 7.04. The van der Waals surface area contributed by atoms with Crippen LogP contribution >= 0.6 is 0 Å². The van der Waals surface area contributed by atoms with Crippen molar-refractivity contribution in [3.05, 3.63) is 0 Å². The molecule has 19 heavy (non-hydrogen) atoms. The van der Waals surface area contributed by atoms with Crippen LogP contribution in [0.2, 0.25) is 0 Å². The van der Waals surface area contributed by atoms with Crippen molar-refractivity contribution >= 4 is 9.84 Å². The molecule has 114 valence electrons. The summed E-state index contributed by atoms with van der Waals surface area (Å²) >= 11 is 0. The molecular formula is C14H30N2O2S. The molecule has 0 aromatic rings. The molecule has 0 aromatic heterocycles.